The molecule has 1 aliphatic rings. The van der Waals surface area contributed by atoms with Gasteiger partial charge in [-0.3, -0.25) is 9.89 Å². The lowest BCUT2D eigenvalue weighted by molar-refractivity contribution is -0.115. The van der Waals surface area contributed by atoms with E-state index in [0.717, 1.165) is 31.4 Å². The standard InChI is InChI=1S/C18H26N6O4/c1-4-10(2)19-18(26)28-13-6-5-12(7-13)14-8-15(23-22-14)20-16(25)9-17-24-21-11(3)27-17/h8,10,12-13H,4-7,9H2,1-3H3,(H,19,26)(H2,20,22,23,25)/t10-,12-,13+/m0/s1. The number of carbonyl (C=O) groups excluding carboxylic acids is 2. The van der Waals surface area contributed by atoms with Gasteiger partial charge in [-0.1, -0.05) is 6.92 Å². The van der Waals surface area contributed by atoms with Crippen LogP contribution in [0.15, 0.2) is 10.5 Å². The molecule has 1 fully saturated rings. The number of aromatic nitrogens is 4. The fourth-order valence-electron chi connectivity index (χ4n) is 3.16. The predicted molar refractivity (Wildman–Crippen MR) is 99.7 cm³/mol. The quantitative estimate of drug-likeness (QED) is 0.661. The third kappa shape index (κ3) is 5.30. The number of nitrogens with one attached hydrogen (secondary N) is 3. The molecule has 152 valence electrons. The van der Waals surface area contributed by atoms with E-state index in [0.29, 0.717) is 11.7 Å². The first-order valence-corrected chi connectivity index (χ1v) is 9.54. The molecule has 3 rings (SSSR count). The van der Waals surface area contributed by atoms with Crippen molar-refractivity contribution in [1.82, 2.24) is 25.7 Å². The van der Waals surface area contributed by atoms with Crippen molar-refractivity contribution >= 4 is 17.8 Å². The average molecular weight is 390 g/mol. The van der Waals surface area contributed by atoms with Crippen molar-refractivity contribution in [2.45, 2.75) is 70.9 Å². The summed E-state index contributed by atoms with van der Waals surface area (Å²) in [6.45, 7) is 5.62. The minimum Gasteiger partial charge on any atom is -0.446 e. The Kier molecular flexibility index (Phi) is 6.27. The summed E-state index contributed by atoms with van der Waals surface area (Å²) in [5.74, 6) is 1.04. The van der Waals surface area contributed by atoms with E-state index in [-0.39, 0.29) is 42.4 Å². The molecule has 0 radical (unpaired) electrons. The Morgan fingerprint density at radius 2 is 2.21 bits per heavy atom. The third-order valence-corrected chi connectivity index (χ3v) is 4.82. The average Bonchev–Trinajstić information content (AvgIpc) is 3.36. The molecule has 0 aliphatic heterocycles. The molecule has 2 heterocycles. The van der Waals surface area contributed by atoms with Gasteiger partial charge in [0, 0.05) is 30.6 Å². The van der Waals surface area contributed by atoms with E-state index in [9.17, 15) is 9.59 Å². The molecule has 3 N–H and O–H groups in total. The number of anilines is 1. The SMILES string of the molecule is CC[C@H](C)NC(=O)O[C@@H]1CC[C@H](c2cc(NC(=O)Cc3nnc(C)o3)n[nH]2)C1. The molecular weight excluding hydrogens is 364 g/mol. The second kappa shape index (κ2) is 8.85. The van der Waals surface area contributed by atoms with Crippen LogP contribution in [0, 0.1) is 6.92 Å². The summed E-state index contributed by atoms with van der Waals surface area (Å²) in [5.41, 5.74) is 0.914. The summed E-state index contributed by atoms with van der Waals surface area (Å²) in [4.78, 5) is 23.9. The summed E-state index contributed by atoms with van der Waals surface area (Å²) in [5, 5.41) is 20.1. The highest BCUT2D eigenvalue weighted by Gasteiger charge is 2.30. The number of hydrogen-bond acceptors (Lipinski definition) is 7. The molecule has 28 heavy (non-hydrogen) atoms. The molecule has 0 spiro atoms. The maximum absolute atomic E-state index is 12.1. The number of nitrogens with zero attached hydrogens (tertiary/aromatic N) is 3. The van der Waals surface area contributed by atoms with Crippen LogP contribution in [-0.4, -0.2) is 44.5 Å². The predicted octanol–water partition coefficient (Wildman–Crippen LogP) is 2.44. The number of amides is 2. The Balaban J connectivity index is 1.47. The number of hydrogen-bond donors (Lipinski definition) is 3. The van der Waals surface area contributed by atoms with Crippen molar-refractivity contribution in [3.05, 3.63) is 23.5 Å². The first-order chi connectivity index (χ1) is 13.4. The Morgan fingerprint density at radius 1 is 1.39 bits per heavy atom. The zero-order valence-electron chi connectivity index (χ0n) is 16.3. The summed E-state index contributed by atoms with van der Waals surface area (Å²) in [7, 11) is 0. The van der Waals surface area contributed by atoms with Crippen molar-refractivity contribution in [1.29, 1.82) is 0 Å². The topological polar surface area (TPSA) is 135 Å². The Morgan fingerprint density at radius 3 is 2.93 bits per heavy atom. The zero-order chi connectivity index (χ0) is 20.1. The molecule has 2 aromatic heterocycles. The lowest BCUT2D eigenvalue weighted by Crippen LogP contribution is -2.34. The van der Waals surface area contributed by atoms with Gasteiger partial charge in [0.1, 0.15) is 12.5 Å². The van der Waals surface area contributed by atoms with Gasteiger partial charge >= 0.3 is 6.09 Å². The van der Waals surface area contributed by atoms with E-state index < -0.39 is 0 Å². The second-order valence-corrected chi connectivity index (χ2v) is 7.14. The van der Waals surface area contributed by atoms with Crippen LogP contribution in [0.25, 0.3) is 0 Å². The molecule has 2 aromatic rings. The van der Waals surface area contributed by atoms with Gasteiger partial charge in [-0.2, -0.15) is 5.10 Å². The minimum atomic E-state index is -0.367. The number of rotatable bonds is 7. The smallest absolute Gasteiger partial charge is 0.407 e. The number of H-pyrrole nitrogens is 1. The van der Waals surface area contributed by atoms with Crippen molar-refractivity contribution in [3.63, 3.8) is 0 Å². The fraction of sp³-hybridized carbons (Fsp3) is 0.611. The van der Waals surface area contributed by atoms with E-state index in [1.807, 2.05) is 19.9 Å². The lowest BCUT2D eigenvalue weighted by atomic mass is 10.0. The van der Waals surface area contributed by atoms with E-state index in [4.69, 9.17) is 9.15 Å². The third-order valence-electron chi connectivity index (χ3n) is 4.82. The molecule has 2 amide bonds. The van der Waals surface area contributed by atoms with Gasteiger partial charge in [0.2, 0.25) is 17.7 Å². The lowest BCUT2D eigenvalue weighted by Gasteiger charge is -2.16. The van der Waals surface area contributed by atoms with Gasteiger partial charge < -0.3 is 19.8 Å². The molecular formula is C18H26N6O4. The van der Waals surface area contributed by atoms with Crippen LogP contribution in [0.2, 0.25) is 0 Å². The van der Waals surface area contributed by atoms with Gasteiger partial charge in [-0.15, -0.1) is 10.2 Å². The maximum atomic E-state index is 12.1. The number of carbonyl (C=O) groups is 2. The first kappa shape index (κ1) is 19.8. The highest BCUT2D eigenvalue weighted by Crippen LogP contribution is 2.35. The molecule has 0 bridgehead atoms. The number of ether oxygens (including phenoxy) is 1. The van der Waals surface area contributed by atoms with Gasteiger partial charge in [0.05, 0.1) is 0 Å². The normalized spacial score (nSPS) is 20.0. The first-order valence-electron chi connectivity index (χ1n) is 9.54. The van der Waals surface area contributed by atoms with Crippen molar-refractivity contribution in [2.24, 2.45) is 0 Å². The molecule has 1 saturated carbocycles. The van der Waals surface area contributed by atoms with Crippen LogP contribution in [0.3, 0.4) is 0 Å². The maximum Gasteiger partial charge on any atom is 0.407 e. The second-order valence-electron chi connectivity index (χ2n) is 7.14. The monoisotopic (exact) mass is 390 g/mol. The van der Waals surface area contributed by atoms with Crippen LogP contribution in [0.5, 0.6) is 0 Å². The van der Waals surface area contributed by atoms with Crippen molar-refractivity contribution in [2.75, 3.05) is 5.32 Å². The van der Waals surface area contributed by atoms with Crippen LogP contribution in [0.4, 0.5) is 10.6 Å². The van der Waals surface area contributed by atoms with Gasteiger partial charge in [-0.25, -0.2) is 4.79 Å². The van der Waals surface area contributed by atoms with Gasteiger partial charge in [-0.05, 0) is 32.6 Å². The van der Waals surface area contributed by atoms with E-state index in [1.165, 1.54) is 0 Å². The van der Waals surface area contributed by atoms with Crippen LogP contribution < -0.4 is 10.6 Å². The molecule has 3 atom stereocenters. The molecule has 10 heteroatoms. The number of aryl methyl sites for hydroxylation is 1. The fourth-order valence-corrected chi connectivity index (χ4v) is 3.16. The summed E-state index contributed by atoms with van der Waals surface area (Å²) < 4.78 is 10.7. The summed E-state index contributed by atoms with van der Waals surface area (Å²) in [6, 6.07) is 1.91. The Labute approximate surface area is 162 Å². The number of alkyl carbamates (subject to hydrolysis) is 1. The molecule has 10 nitrogen and oxygen atoms in total. The minimum absolute atomic E-state index is 0.00628. The van der Waals surface area contributed by atoms with Crippen molar-refractivity contribution in [3.8, 4) is 0 Å². The number of aromatic amines is 1. The Bertz CT molecular complexity index is 817. The van der Waals surface area contributed by atoms with Gasteiger partial charge in [0.25, 0.3) is 0 Å². The summed E-state index contributed by atoms with van der Waals surface area (Å²) in [6.07, 6.45) is 2.79. The van der Waals surface area contributed by atoms with Gasteiger partial charge in [0.15, 0.2) is 5.82 Å². The van der Waals surface area contributed by atoms with E-state index >= 15 is 0 Å². The highest BCUT2D eigenvalue weighted by molar-refractivity contribution is 5.90. The Hall–Kier alpha value is -2.91. The van der Waals surface area contributed by atoms with E-state index in [2.05, 4.69) is 31.0 Å². The van der Waals surface area contributed by atoms with Crippen LogP contribution >= 0.6 is 0 Å². The molecule has 0 saturated heterocycles. The van der Waals surface area contributed by atoms with Crippen molar-refractivity contribution < 1.29 is 18.7 Å². The highest BCUT2D eigenvalue weighted by atomic mass is 16.6. The molecule has 0 unspecified atom stereocenters. The summed E-state index contributed by atoms with van der Waals surface area (Å²) >= 11 is 0. The largest absolute Gasteiger partial charge is 0.446 e. The van der Waals surface area contributed by atoms with Crippen LogP contribution in [0.1, 0.15) is 62.9 Å². The molecule has 0 aromatic carbocycles. The van der Waals surface area contributed by atoms with E-state index in [1.54, 1.807) is 6.92 Å². The zero-order valence-corrected chi connectivity index (χ0v) is 16.3. The molecule has 1 aliphatic carbocycles. The van der Waals surface area contributed by atoms with Crippen LogP contribution in [-0.2, 0) is 16.0 Å².